The van der Waals surface area contributed by atoms with Gasteiger partial charge >= 0.3 is 25.1 Å². The minimum atomic E-state index is -1.98. The Kier molecular flexibility index (Phi) is 10.2. The molecular weight excluding hydrogens is 691 g/mol. The van der Waals surface area contributed by atoms with Crippen molar-refractivity contribution in [3.05, 3.63) is 81.4 Å². The Morgan fingerprint density at radius 3 is 2.48 bits per heavy atom. The van der Waals surface area contributed by atoms with Gasteiger partial charge in [-0.15, -0.1) is 0 Å². The molecule has 2 atom stereocenters. The van der Waals surface area contributed by atoms with E-state index in [4.69, 9.17) is 16.3 Å². The largest absolute Gasteiger partial charge is 0.547 e. The Bertz CT molecular complexity index is 1900. The van der Waals surface area contributed by atoms with Crippen molar-refractivity contribution in [3.8, 4) is 23.0 Å². The summed E-state index contributed by atoms with van der Waals surface area (Å²) in [5.74, 6) is -10.3. The molecule has 50 heavy (non-hydrogen) atoms. The Hall–Kier alpha value is -5.82. The van der Waals surface area contributed by atoms with Gasteiger partial charge in [0.15, 0.2) is 17.3 Å². The van der Waals surface area contributed by atoms with Gasteiger partial charge in [0, 0.05) is 37.3 Å². The van der Waals surface area contributed by atoms with Gasteiger partial charge in [0.2, 0.25) is 5.91 Å². The lowest BCUT2D eigenvalue weighted by Gasteiger charge is -2.31. The zero-order chi connectivity index (χ0) is 36.4. The van der Waals surface area contributed by atoms with Crippen molar-refractivity contribution in [1.29, 1.82) is 0 Å². The molecule has 20 heteroatoms. The third-order valence-electron chi connectivity index (χ3n) is 7.90. The number of urea groups is 2. The number of fused-ring (bicyclic) bond motifs is 1. The van der Waals surface area contributed by atoms with E-state index in [2.05, 4.69) is 16.0 Å². The lowest BCUT2D eigenvalue weighted by atomic mass is 9.72. The molecule has 2 aliphatic heterocycles. The third kappa shape index (κ3) is 7.13. The SMILES string of the molecule is O=C(NCCN1CCN(C(=O)NC(C(=O)N[C@H]2Cc3ccc(F)c(C(=O)O)c3OB2O)c2cc(F)c(O)c(O)c2Cl)C1=O)c1cccc(O)c1. The summed E-state index contributed by atoms with van der Waals surface area (Å²) in [4.78, 5) is 66.0. The Labute approximate surface area is 286 Å². The molecule has 1 unspecified atom stereocenters. The number of halogens is 3. The molecule has 0 radical (unpaired) electrons. The Balaban J connectivity index is 1.31. The predicted octanol–water partition coefficient (Wildman–Crippen LogP) is 1.49. The molecule has 262 valence electrons. The number of amides is 6. The molecule has 2 heterocycles. The molecule has 16 nitrogen and oxygen atoms in total. The molecule has 0 spiro atoms. The highest BCUT2D eigenvalue weighted by atomic mass is 35.5. The summed E-state index contributed by atoms with van der Waals surface area (Å²) in [5.41, 5.74) is -1.15. The van der Waals surface area contributed by atoms with Gasteiger partial charge in [0.25, 0.3) is 5.91 Å². The number of phenols is 3. The molecular formula is C30H27BClF2N5O11. The number of carbonyl (C=O) groups excluding carboxylic acids is 4. The Morgan fingerprint density at radius 1 is 1.04 bits per heavy atom. The van der Waals surface area contributed by atoms with E-state index in [9.17, 15) is 58.2 Å². The van der Waals surface area contributed by atoms with Crippen molar-refractivity contribution in [2.75, 3.05) is 26.2 Å². The second-order valence-corrected chi connectivity index (χ2v) is 11.5. The van der Waals surface area contributed by atoms with Gasteiger partial charge in [0.1, 0.15) is 28.9 Å². The van der Waals surface area contributed by atoms with E-state index >= 15 is 0 Å². The number of nitrogens with one attached hydrogen (secondary N) is 3. The number of aromatic carboxylic acids is 1. The van der Waals surface area contributed by atoms with Gasteiger partial charge < -0.3 is 51.0 Å². The monoisotopic (exact) mass is 717 g/mol. The number of phenolic OH excluding ortho intramolecular Hbond substituents is 3. The fourth-order valence-corrected chi connectivity index (χ4v) is 5.63. The second-order valence-electron chi connectivity index (χ2n) is 11.1. The van der Waals surface area contributed by atoms with Gasteiger partial charge in [-0.05, 0) is 42.3 Å². The topological polar surface area (TPSA) is 238 Å². The fourth-order valence-electron chi connectivity index (χ4n) is 5.38. The van der Waals surface area contributed by atoms with Crippen LogP contribution in [0.5, 0.6) is 23.0 Å². The molecule has 5 rings (SSSR count). The van der Waals surface area contributed by atoms with Crippen molar-refractivity contribution >= 4 is 48.6 Å². The second kappa shape index (κ2) is 14.3. The minimum absolute atomic E-state index is 0.0183. The summed E-state index contributed by atoms with van der Waals surface area (Å²) in [5, 5.41) is 56.0. The molecule has 0 aliphatic carbocycles. The number of rotatable bonds is 9. The van der Waals surface area contributed by atoms with E-state index in [1.807, 2.05) is 0 Å². The van der Waals surface area contributed by atoms with Gasteiger partial charge in [-0.3, -0.25) is 9.59 Å². The Morgan fingerprint density at radius 2 is 1.78 bits per heavy atom. The molecule has 1 fully saturated rings. The van der Waals surface area contributed by atoms with Crippen LogP contribution in [0.1, 0.15) is 37.9 Å². The van der Waals surface area contributed by atoms with Crippen LogP contribution in [0.15, 0.2) is 42.5 Å². The van der Waals surface area contributed by atoms with E-state index < -0.39 is 94.0 Å². The average molecular weight is 718 g/mol. The third-order valence-corrected chi connectivity index (χ3v) is 8.30. The number of benzene rings is 3. The first kappa shape index (κ1) is 35.5. The van der Waals surface area contributed by atoms with Crippen LogP contribution in [0.4, 0.5) is 18.4 Å². The molecule has 0 bridgehead atoms. The first-order valence-electron chi connectivity index (χ1n) is 14.7. The normalized spacial score (nSPS) is 16.0. The van der Waals surface area contributed by atoms with Crippen LogP contribution in [-0.4, -0.2) is 104 Å². The maximum Gasteiger partial charge on any atom is 0.547 e. The van der Waals surface area contributed by atoms with Crippen LogP contribution in [-0.2, 0) is 11.2 Å². The number of carboxylic acids is 1. The van der Waals surface area contributed by atoms with E-state index in [-0.39, 0.29) is 49.5 Å². The number of hydrogen-bond acceptors (Lipinski definition) is 10. The molecule has 0 saturated carbocycles. The first-order chi connectivity index (χ1) is 23.7. The van der Waals surface area contributed by atoms with Crippen LogP contribution in [0, 0.1) is 11.6 Å². The fraction of sp³-hybridized carbons (Fsp3) is 0.233. The number of carbonyl (C=O) groups is 5. The van der Waals surface area contributed by atoms with Crippen molar-refractivity contribution in [3.63, 3.8) is 0 Å². The van der Waals surface area contributed by atoms with Crippen molar-refractivity contribution in [2.45, 2.75) is 18.4 Å². The van der Waals surface area contributed by atoms with E-state index in [1.54, 1.807) is 0 Å². The molecule has 8 N–H and O–H groups in total. The summed E-state index contributed by atoms with van der Waals surface area (Å²) >= 11 is 6.13. The zero-order valence-corrected chi connectivity index (χ0v) is 26.3. The molecule has 3 aromatic carbocycles. The summed E-state index contributed by atoms with van der Waals surface area (Å²) in [6, 6.07) is 4.19. The predicted molar refractivity (Wildman–Crippen MR) is 168 cm³/mol. The first-order valence-corrected chi connectivity index (χ1v) is 15.1. The maximum absolute atomic E-state index is 14.6. The van der Waals surface area contributed by atoms with Crippen LogP contribution in [0.3, 0.4) is 0 Å². The molecule has 3 aromatic rings. The average Bonchev–Trinajstić information content (AvgIpc) is 3.44. The summed E-state index contributed by atoms with van der Waals surface area (Å²) in [6.45, 7) is -0.228. The van der Waals surface area contributed by atoms with Crippen LogP contribution < -0.4 is 20.6 Å². The van der Waals surface area contributed by atoms with Crippen LogP contribution in [0.25, 0.3) is 0 Å². The van der Waals surface area contributed by atoms with Crippen LogP contribution in [0.2, 0.25) is 5.02 Å². The minimum Gasteiger partial charge on any atom is -0.534 e. The van der Waals surface area contributed by atoms with Gasteiger partial charge in [-0.2, -0.15) is 0 Å². The molecule has 1 saturated heterocycles. The van der Waals surface area contributed by atoms with E-state index in [1.165, 1.54) is 35.2 Å². The lowest BCUT2D eigenvalue weighted by Crippen LogP contribution is -2.56. The standard InChI is InChI=1S/C30H27BClF2N5O11/c32-21-16(12-18(34)23(41)24(21)42)22(27(44)36-19-11-13-4-5-17(33)20(28(45)46)25(13)50-31(19)49)37-29(47)39-9-8-38(30(39)48)7-6-35-26(43)14-2-1-3-15(40)10-14/h1-5,10,12,19,22,40-42,49H,6-9,11H2,(H,35,43)(H,36,44)(H,37,47)(H,45,46)/t19-,22?/m0/s1. The number of aromatic hydroxyl groups is 3. The lowest BCUT2D eigenvalue weighted by molar-refractivity contribution is -0.123. The maximum atomic E-state index is 14.6. The van der Waals surface area contributed by atoms with E-state index in [0.29, 0.717) is 11.0 Å². The van der Waals surface area contributed by atoms with Gasteiger partial charge in [-0.1, -0.05) is 23.7 Å². The van der Waals surface area contributed by atoms with E-state index in [0.717, 1.165) is 6.07 Å². The van der Waals surface area contributed by atoms with Crippen LogP contribution >= 0.6 is 11.6 Å². The smallest absolute Gasteiger partial charge is 0.534 e. The summed E-state index contributed by atoms with van der Waals surface area (Å²) < 4.78 is 33.9. The number of hydrogen-bond donors (Lipinski definition) is 8. The van der Waals surface area contributed by atoms with Crippen molar-refractivity contribution < 1.29 is 62.9 Å². The molecule has 2 aliphatic rings. The zero-order valence-electron chi connectivity index (χ0n) is 25.5. The van der Waals surface area contributed by atoms with Gasteiger partial charge in [-0.25, -0.2) is 28.1 Å². The van der Waals surface area contributed by atoms with Crippen molar-refractivity contribution in [2.24, 2.45) is 0 Å². The number of carboxylic acid groups (broad SMARTS) is 1. The number of nitrogens with zero attached hydrogens (tertiary/aromatic N) is 2. The molecule has 6 amide bonds. The summed E-state index contributed by atoms with van der Waals surface area (Å²) in [7, 11) is -1.94. The highest BCUT2D eigenvalue weighted by Crippen LogP contribution is 2.40. The van der Waals surface area contributed by atoms with Crippen molar-refractivity contribution in [1.82, 2.24) is 25.8 Å². The van der Waals surface area contributed by atoms with Gasteiger partial charge in [0.05, 0.1) is 11.0 Å². The summed E-state index contributed by atoms with van der Waals surface area (Å²) in [6.07, 6.45) is -0.298. The quantitative estimate of drug-likeness (QED) is 0.117. The highest BCUT2D eigenvalue weighted by molar-refractivity contribution is 6.47. The molecule has 0 aromatic heterocycles. The number of imide groups is 1. The highest BCUT2D eigenvalue weighted by Gasteiger charge is 2.42.